The molecular formula is C5H11NO4S. The molecule has 5 nitrogen and oxygen atoms in total. The molecule has 0 rings (SSSR count). The van der Waals surface area contributed by atoms with E-state index in [1.165, 1.54) is 14.2 Å². The molecule has 0 spiro atoms. The maximum atomic E-state index is 10.8. The van der Waals surface area contributed by atoms with Crippen LogP contribution in [0.2, 0.25) is 0 Å². The number of carbonyl (C=O) groups excluding carboxylic acids is 1. The number of amides is 1. The third-order valence-corrected chi connectivity index (χ3v) is 2.32. The van der Waals surface area contributed by atoms with Gasteiger partial charge in [-0.2, -0.15) is 0 Å². The predicted octanol–water partition coefficient (Wildman–Crippen LogP) is -0.949. The monoisotopic (exact) mass is 181 g/mol. The van der Waals surface area contributed by atoms with Crippen LogP contribution in [0.1, 0.15) is 0 Å². The zero-order valence-electron chi connectivity index (χ0n) is 6.70. The molecule has 0 radical (unpaired) electrons. The SMILES string of the molecule is COCC(=O)N(C)S(C)(=O)=O. The molecule has 0 saturated carbocycles. The lowest BCUT2D eigenvalue weighted by atomic mass is 10.7. The van der Waals surface area contributed by atoms with E-state index in [2.05, 4.69) is 4.74 Å². The lowest BCUT2D eigenvalue weighted by molar-refractivity contribution is -0.129. The molecule has 0 aliphatic heterocycles. The largest absolute Gasteiger partial charge is 0.375 e. The summed E-state index contributed by atoms with van der Waals surface area (Å²) in [6.45, 7) is -0.219. The van der Waals surface area contributed by atoms with Crippen molar-refractivity contribution in [1.29, 1.82) is 0 Å². The van der Waals surface area contributed by atoms with Gasteiger partial charge in [0, 0.05) is 14.2 Å². The Morgan fingerprint density at radius 3 is 2.27 bits per heavy atom. The van der Waals surface area contributed by atoms with Crippen molar-refractivity contribution >= 4 is 15.9 Å². The molecule has 66 valence electrons. The first kappa shape index (κ1) is 10.4. The molecule has 1 amide bonds. The lowest BCUT2D eigenvalue weighted by Gasteiger charge is -2.12. The molecule has 0 N–H and O–H groups in total. The minimum absolute atomic E-state index is 0.219. The summed E-state index contributed by atoms with van der Waals surface area (Å²) in [5.74, 6) is -0.574. The summed E-state index contributed by atoms with van der Waals surface area (Å²) in [6.07, 6.45) is 0.959. The van der Waals surface area contributed by atoms with Gasteiger partial charge in [0.1, 0.15) is 6.61 Å². The van der Waals surface area contributed by atoms with Gasteiger partial charge in [0.15, 0.2) is 0 Å². The smallest absolute Gasteiger partial charge is 0.261 e. The number of ether oxygens (including phenoxy) is 1. The highest BCUT2D eigenvalue weighted by atomic mass is 32.2. The zero-order chi connectivity index (χ0) is 9.07. The highest BCUT2D eigenvalue weighted by Gasteiger charge is 2.16. The summed E-state index contributed by atoms with van der Waals surface area (Å²) in [4.78, 5) is 10.8. The summed E-state index contributed by atoms with van der Waals surface area (Å²) < 4.78 is 26.5. The molecule has 6 heteroatoms. The van der Waals surface area contributed by atoms with Crippen molar-refractivity contribution in [3.8, 4) is 0 Å². The maximum Gasteiger partial charge on any atom is 0.261 e. The number of sulfonamides is 1. The first-order valence-corrected chi connectivity index (χ1v) is 4.70. The van der Waals surface area contributed by atoms with Gasteiger partial charge in [0.05, 0.1) is 6.26 Å². The van der Waals surface area contributed by atoms with Gasteiger partial charge in [0.25, 0.3) is 5.91 Å². The fourth-order valence-corrected chi connectivity index (χ4v) is 0.822. The van der Waals surface area contributed by atoms with E-state index in [-0.39, 0.29) is 6.61 Å². The van der Waals surface area contributed by atoms with E-state index in [0.717, 1.165) is 6.26 Å². The van der Waals surface area contributed by atoms with Gasteiger partial charge in [0.2, 0.25) is 10.0 Å². The molecule has 0 unspecified atom stereocenters. The number of hydrogen-bond donors (Lipinski definition) is 0. The fraction of sp³-hybridized carbons (Fsp3) is 0.800. The van der Waals surface area contributed by atoms with Gasteiger partial charge in [-0.25, -0.2) is 12.7 Å². The highest BCUT2D eigenvalue weighted by Crippen LogP contribution is 1.93. The summed E-state index contributed by atoms with van der Waals surface area (Å²) in [6, 6.07) is 0. The Kier molecular flexibility index (Phi) is 3.47. The fourth-order valence-electron chi connectivity index (χ4n) is 0.399. The number of carbonyl (C=O) groups is 1. The number of methoxy groups -OCH3 is 1. The van der Waals surface area contributed by atoms with E-state index >= 15 is 0 Å². The average molecular weight is 181 g/mol. The van der Waals surface area contributed by atoms with Crippen LogP contribution in [0.3, 0.4) is 0 Å². The molecule has 0 aromatic heterocycles. The van der Waals surface area contributed by atoms with Crippen LogP contribution >= 0.6 is 0 Å². The second-order valence-electron chi connectivity index (χ2n) is 2.06. The lowest BCUT2D eigenvalue weighted by Crippen LogP contribution is -2.34. The van der Waals surface area contributed by atoms with Crippen molar-refractivity contribution < 1.29 is 17.9 Å². The second-order valence-corrected chi connectivity index (χ2v) is 4.07. The summed E-state index contributed by atoms with van der Waals surface area (Å²) in [7, 11) is -0.902. The molecule has 0 aromatic rings. The minimum atomic E-state index is -3.42. The van der Waals surface area contributed by atoms with Gasteiger partial charge in [-0.15, -0.1) is 0 Å². The van der Waals surface area contributed by atoms with Crippen LogP contribution in [0.25, 0.3) is 0 Å². The van der Waals surface area contributed by atoms with E-state index in [9.17, 15) is 13.2 Å². The van der Waals surface area contributed by atoms with Crippen molar-refractivity contribution in [2.45, 2.75) is 0 Å². The number of hydrogen-bond acceptors (Lipinski definition) is 4. The normalized spacial score (nSPS) is 11.2. The molecule has 0 heterocycles. The molecule has 0 aliphatic rings. The zero-order valence-corrected chi connectivity index (χ0v) is 7.51. The number of nitrogens with zero attached hydrogens (tertiary/aromatic N) is 1. The summed E-state index contributed by atoms with van der Waals surface area (Å²) in [5, 5.41) is 0. The van der Waals surface area contributed by atoms with Crippen LogP contribution in [0, 0.1) is 0 Å². The van der Waals surface area contributed by atoms with Crippen molar-refractivity contribution in [1.82, 2.24) is 4.31 Å². The summed E-state index contributed by atoms with van der Waals surface area (Å²) in [5.41, 5.74) is 0. The van der Waals surface area contributed by atoms with E-state index in [0.29, 0.717) is 4.31 Å². The third kappa shape index (κ3) is 3.33. The Balaban J connectivity index is 4.27. The summed E-state index contributed by atoms with van der Waals surface area (Å²) >= 11 is 0. The Bertz CT molecular complexity index is 233. The molecule has 0 aliphatic carbocycles. The molecular weight excluding hydrogens is 170 g/mol. The van der Waals surface area contributed by atoms with Crippen molar-refractivity contribution in [3.05, 3.63) is 0 Å². The third-order valence-electron chi connectivity index (χ3n) is 1.12. The van der Waals surface area contributed by atoms with Gasteiger partial charge in [-0.05, 0) is 0 Å². The van der Waals surface area contributed by atoms with Crippen molar-refractivity contribution in [2.75, 3.05) is 27.0 Å². The quantitative estimate of drug-likeness (QED) is 0.563. The number of likely N-dealkylation sites (N-methyl/N-ethyl adjacent to an activating group) is 1. The molecule has 0 atom stereocenters. The molecule has 0 fully saturated rings. The Hall–Kier alpha value is -0.620. The highest BCUT2D eigenvalue weighted by molar-refractivity contribution is 7.88. The average Bonchev–Trinajstić information content (AvgIpc) is 1.85. The first-order valence-electron chi connectivity index (χ1n) is 2.85. The van der Waals surface area contributed by atoms with Crippen LogP contribution < -0.4 is 0 Å². The van der Waals surface area contributed by atoms with Gasteiger partial charge < -0.3 is 4.74 Å². The van der Waals surface area contributed by atoms with Crippen molar-refractivity contribution in [2.24, 2.45) is 0 Å². The van der Waals surface area contributed by atoms with Gasteiger partial charge in [-0.1, -0.05) is 0 Å². The first-order chi connectivity index (χ1) is 4.89. The van der Waals surface area contributed by atoms with Crippen LogP contribution in [0.15, 0.2) is 0 Å². The van der Waals surface area contributed by atoms with Crippen LogP contribution in [-0.4, -0.2) is 45.7 Å². The Morgan fingerprint density at radius 1 is 1.55 bits per heavy atom. The van der Waals surface area contributed by atoms with Crippen LogP contribution in [0.5, 0.6) is 0 Å². The van der Waals surface area contributed by atoms with E-state index in [1.807, 2.05) is 0 Å². The van der Waals surface area contributed by atoms with Gasteiger partial charge >= 0.3 is 0 Å². The molecule has 0 aromatic carbocycles. The molecule has 0 saturated heterocycles. The standard InChI is InChI=1S/C5H11NO4S/c1-6(11(3,8)9)5(7)4-10-2/h4H2,1-3H3. The topological polar surface area (TPSA) is 63.7 Å². The van der Waals surface area contributed by atoms with E-state index in [1.54, 1.807) is 0 Å². The van der Waals surface area contributed by atoms with E-state index in [4.69, 9.17) is 0 Å². The molecule has 11 heavy (non-hydrogen) atoms. The van der Waals surface area contributed by atoms with Crippen molar-refractivity contribution in [3.63, 3.8) is 0 Å². The second kappa shape index (κ2) is 3.68. The Morgan fingerprint density at radius 2 is 2.00 bits per heavy atom. The Labute approximate surface area is 66.0 Å². The maximum absolute atomic E-state index is 10.8. The molecule has 0 bridgehead atoms. The minimum Gasteiger partial charge on any atom is -0.375 e. The van der Waals surface area contributed by atoms with Gasteiger partial charge in [-0.3, -0.25) is 4.79 Å². The van der Waals surface area contributed by atoms with Crippen LogP contribution in [0.4, 0.5) is 0 Å². The van der Waals surface area contributed by atoms with Crippen LogP contribution in [-0.2, 0) is 19.6 Å². The van der Waals surface area contributed by atoms with E-state index < -0.39 is 15.9 Å². The predicted molar refractivity (Wildman–Crippen MR) is 39.5 cm³/mol. The number of rotatable bonds is 3.